The summed E-state index contributed by atoms with van der Waals surface area (Å²) in [6.45, 7) is 4.46. The molecule has 2 rings (SSSR count). The monoisotopic (exact) mass is 243 g/mol. The van der Waals surface area contributed by atoms with Gasteiger partial charge in [-0.2, -0.15) is 11.8 Å². The fourth-order valence-electron chi connectivity index (χ4n) is 2.25. The summed E-state index contributed by atoms with van der Waals surface area (Å²) in [6.07, 6.45) is 3.40. The van der Waals surface area contributed by atoms with Gasteiger partial charge >= 0.3 is 0 Å². The van der Waals surface area contributed by atoms with Gasteiger partial charge in [0.1, 0.15) is 0 Å². The van der Waals surface area contributed by atoms with Crippen LogP contribution in [0.15, 0.2) is 11.6 Å². The molecule has 0 aromatic carbocycles. The molecule has 0 spiro atoms. The molecule has 1 aliphatic rings. The van der Waals surface area contributed by atoms with Gasteiger partial charge in [0.15, 0.2) is 0 Å². The second-order valence-electron chi connectivity index (χ2n) is 5.16. The summed E-state index contributed by atoms with van der Waals surface area (Å²) >= 11 is 3.49. The fourth-order valence-corrected chi connectivity index (χ4v) is 4.34. The molecule has 2 heterocycles. The average Bonchev–Trinajstić information content (AvgIpc) is 2.52. The van der Waals surface area contributed by atoms with Crippen molar-refractivity contribution in [2.45, 2.75) is 32.3 Å². The van der Waals surface area contributed by atoms with Crippen LogP contribution in [-0.4, -0.2) is 27.2 Å². The van der Waals surface area contributed by atoms with Crippen LogP contribution in [0.3, 0.4) is 0 Å². The zero-order chi connectivity index (χ0) is 10.9. The molecular formula is C11H17NOS2. The van der Waals surface area contributed by atoms with Gasteiger partial charge in [-0.1, -0.05) is 13.8 Å². The maximum absolute atomic E-state index is 10.5. The van der Waals surface area contributed by atoms with E-state index < -0.39 is 5.60 Å². The highest BCUT2D eigenvalue weighted by molar-refractivity contribution is 7.99. The lowest BCUT2D eigenvalue weighted by molar-refractivity contribution is 0.0200. The number of thioether (sulfide) groups is 1. The van der Waals surface area contributed by atoms with Crippen LogP contribution in [0.5, 0.6) is 0 Å². The summed E-state index contributed by atoms with van der Waals surface area (Å²) in [5, 5.41) is 13.5. The summed E-state index contributed by atoms with van der Waals surface area (Å²) < 4.78 is 0. The third-order valence-electron chi connectivity index (χ3n) is 2.63. The Balaban J connectivity index is 2.06. The summed E-state index contributed by atoms with van der Waals surface area (Å²) in [5.41, 5.74) is -0.306. The number of rotatable bonds is 2. The smallest absolute Gasteiger partial charge is 0.0953 e. The molecule has 1 aromatic heterocycles. The van der Waals surface area contributed by atoms with Crippen molar-refractivity contribution in [3.8, 4) is 0 Å². The highest BCUT2D eigenvalue weighted by Gasteiger charge is 2.39. The fraction of sp³-hybridized carbons (Fsp3) is 0.727. The van der Waals surface area contributed by atoms with Crippen LogP contribution in [0.25, 0.3) is 0 Å². The van der Waals surface area contributed by atoms with Gasteiger partial charge < -0.3 is 5.11 Å². The summed E-state index contributed by atoms with van der Waals surface area (Å²) in [6, 6.07) is 0. The lowest BCUT2D eigenvalue weighted by Crippen LogP contribution is -2.44. The van der Waals surface area contributed by atoms with Gasteiger partial charge in [0, 0.05) is 23.8 Å². The zero-order valence-corrected chi connectivity index (χ0v) is 10.8. The van der Waals surface area contributed by atoms with E-state index in [0.717, 1.165) is 22.9 Å². The molecule has 2 nitrogen and oxygen atoms in total. The van der Waals surface area contributed by atoms with E-state index in [1.807, 2.05) is 23.3 Å². The van der Waals surface area contributed by atoms with Gasteiger partial charge in [-0.3, -0.25) is 0 Å². The molecule has 0 radical (unpaired) electrons. The SMILES string of the molecule is CC1(C)CSCC(O)(Cc2nccs2)C1. The Morgan fingerprint density at radius 1 is 1.47 bits per heavy atom. The van der Waals surface area contributed by atoms with Crippen LogP contribution in [0, 0.1) is 5.41 Å². The Morgan fingerprint density at radius 2 is 2.27 bits per heavy atom. The van der Waals surface area contributed by atoms with Crippen LogP contribution in [-0.2, 0) is 6.42 Å². The third kappa shape index (κ3) is 2.95. The van der Waals surface area contributed by atoms with Crippen LogP contribution in [0.2, 0.25) is 0 Å². The van der Waals surface area contributed by atoms with E-state index in [1.54, 1.807) is 11.3 Å². The van der Waals surface area contributed by atoms with E-state index in [1.165, 1.54) is 0 Å². The maximum atomic E-state index is 10.5. The van der Waals surface area contributed by atoms with Crippen LogP contribution in [0.1, 0.15) is 25.3 Å². The van der Waals surface area contributed by atoms with Gasteiger partial charge in [0.25, 0.3) is 0 Å². The summed E-state index contributed by atoms with van der Waals surface area (Å²) in [5.74, 6) is 1.99. The molecule has 1 saturated heterocycles. The molecule has 0 saturated carbocycles. The second kappa shape index (κ2) is 4.07. The third-order valence-corrected chi connectivity index (χ3v) is 5.14. The van der Waals surface area contributed by atoms with Crippen molar-refractivity contribution < 1.29 is 5.11 Å². The Morgan fingerprint density at radius 3 is 2.87 bits per heavy atom. The first kappa shape index (κ1) is 11.4. The number of nitrogens with zero attached hydrogens (tertiary/aromatic N) is 1. The molecule has 1 fully saturated rings. The Bertz CT molecular complexity index is 323. The van der Waals surface area contributed by atoms with E-state index in [-0.39, 0.29) is 5.41 Å². The Hall–Kier alpha value is -0.0600. The van der Waals surface area contributed by atoms with Crippen LogP contribution >= 0.6 is 23.1 Å². The normalized spacial score (nSPS) is 30.3. The molecule has 1 aromatic rings. The number of hydrogen-bond acceptors (Lipinski definition) is 4. The zero-order valence-electron chi connectivity index (χ0n) is 9.19. The predicted molar refractivity (Wildman–Crippen MR) is 66.5 cm³/mol. The predicted octanol–water partition coefficient (Wildman–Crippen LogP) is 2.58. The van der Waals surface area contributed by atoms with Crippen molar-refractivity contribution in [3.63, 3.8) is 0 Å². The highest BCUT2D eigenvalue weighted by Crippen LogP contribution is 2.40. The number of aromatic nitrogens is 1. The molecule has 1 atom stereocenters. The molecule has 1 N–H and O–H groups in total. The molecule has 1 aliphatic heterocycles. The second-order valence-corrected chi connectivity index (χ2v) is 7.13. The Labute approximate surface area is 99.1 Å². The van der Waals surface area contributed by atoms with Crippen molar-refractivity contribution in [2.75, 3.05) is 11.5 Å². The first-order chi connectivity index (χ1) is 6.99. The minimum atomic E-state index is -0.551. The molecule has 0 amide bonds. The van der Waals surface area contributed by atoms with Crippen LogP contribution < -0.4 is 0 Å². The van der Waals surface area contributed by atoms with E-state index in [0.29, 0.717) is 6.42 Å². The van der Waals surface area contributed by atoms with Crippen molar-refractivity contribution in [2.24, 2.45) is 5.41 Å². The van der Waals surface area contributed by atoms with Crippen molar-refractivity contribution in [1.82, 2.24) is 4.98 Å². The van der Waals surface area contributed by atoms with Gasteiger partial charge in [0.2, 0.25) is 0 Å². The molecule has 0 bridgehead atoms. The van der Waals surface area contributed by atoms with Crippen molar-refractivity contribution in [1.29, 1.82) is 0 Å². The number of aliphatic hydroxyl groups is 1. The van der Waals surface area contributed by atoms with Gasteiger partial charge in [0.05, 0.1) is 10.6 Å². The first-order valence-corrected chi connectivity index (χ1v) is 7.21. The van der Waals surface area contributed by atoms with E-state index in [2.05, 4.69) is 18.8 Å². The molecule has 1 unspecified atom stereocenters. The molecule has 0 aliphatic carbocycles. The molecular weight excluding hydrogens is 226 g/mol. The van der Waals surface area contributed by atoms with E-state index >= 15 is 0 Å². The molecule has 15 heavy (non-hydrogen) atoms. The molecule has 4 heteroatoms. The van der Waals surface area contributed by atoms with E-state index in [4.69, 9.17) is 0 Å². The lowest BCUT2D eigenvalue weighted by Gasteiger charge is -2.40. The summed E-state index contributed by atoms with van der Waals surface area (Å²) in [7, 11) is 0. The first-order valence-electron chi connectivity index (χ1n) is 5.18. The summed E-state index contributed by atoms with van der Waals surface area (Å²) in [4.78, 5) is 4.25. The maximum Gasteiger partial charge on any atom is 0.0953 e. The Kier molecular flexibility index (Phi) is 3.10. The standard InChI is InChI=1S/C11H17NOS2/c1-10(2)6-11(13,8-14-7-10)5-9-12-3-4-15-9/h3-4,13H,5-8H2,1-2H3. The van der Waals surface area contributed by atoms with Gasteiger partial charge in [-0.15, -0.1) is 11.3 Å². The lowest BCUT2D eigenvalue weighted by atomic mass is 9.80. The topological polar surface area (TPSA) is 33.1 Å². The van der Waals surface area contributed by atoms with Crippen LogP contribution in [0.4, 0.5) is 0 Å². The largest absolute Gasteiger partial charge is 0.389 e. The highest BCUT2D eigenvalue weighted by atomic mass is 32.2. The van der Waals surface area contributed by atoms with E-state index in [9.17, 15) is 5.11 Å². The number of thiazole rings is 1. The van der Waals surface area contributed by atoms with Gasteiger partial charge in [-0.05, 0) is 17.6 Å². The minimum absolute atomic E-state index is 0.245. The quantitative estimate of drug-likeness (QED) is 0.866. The van der Waals surface area contributed by atoms with Gasteiger partial charge in [-0.25, -0.2) is 4.98 Å². The average molecular weight is 243 g/mol. The molecule has 84 valence electrons. The minimum Gasteiger partial charge on any atom is -0.389 e. The van der Waals surface area contributed by atoms with Crippen molar-refractivity contribution in [3.05, 3.63) is 16.6 Å². The van der Waals surface area contributed by atoms with Crippen molar-refractivity contribution >= 4 is 23.1 Å². The number of hydrogen-bond donors (Lipinski definition) is 1.